The minimum absolute atomic E-state index is 0.636. The average molecular weight is 271 g/mol. The van der Waals surface area contributed by atoms with E-state index in [-0.39, 0.29) is 0 Å². The summed E-state index contributed by atoms with van der Waals surface area (Å²) in [6.45, 7) is 1.94. The maximum absolute atomic E-state index is 5.79. The van der Waals surface area contributed by atoms with Crippen LogP contribution >= 0.6 is 0 Å². The highest BCUT2D eigenvalue weighted by atomic mass is 16.5. The van der Waals surface area contributed by atoms with E-state index < -0.39 is 0 Å². The lowest BCUT2D eigenvalue weighted by atomic mass is 10.1. The van der Waals surface area contributed by atoms with Gasteiger partial charge in [-0.05, 0) is 36.7 Å². The van der Waals surface area contributed by atoms with Gasteiger partial charge >= 0.3 is 0 Å². The Balaban J connectivity index is 1.71. The van der Waals surface area contributed by atoms with Crippen molar-refractivity contribution >= 4 is 0 Å². The van der Waals surface area contributed by atoms with Crippen molar-refractivity contribution < 1.29 is 9.47 Å². The molecule has 0 radical (unpaired) electrons. The van der Waals surface area contributed by atoms with E-state index in [1.54, 1.807) is 0 Å². The maximum Gasteiger partial charge on any atom is 0.122 e. The molecule has 0 aliphatic rings. The predicted molar refractivity (Wildman–Crippen MR) is 81.2 cm³/mol. The van der Waals surface area contributed by atoms with Gasteiger partial charge in [0.05, 0.1) is 13.2 Å². The van der Waals surface area contributed by atoms with Crippen LogP contribution in [0.5, 0.6) is 11.5 Å². The van der Waals surface area contributed by atoms with Gasteiger partial charge in [0.2, 0.25) is 0 Å². The minimum atomic E-state index is 0.636. The normalized spacial score (nSPS) is 10.2. The SMILES string of the molecule is NCCc1ccccc1OCCCOc1ccccc1. The molecule has 0 aromatic heterocycles. The molecule has 3 nitrogen and oxygen atoms in total. The highest BCUT2D eigenvalue weighted by Crippen LogP contribution is 2.18. The second-order valence-corrected chi connectivity index (χ2v) is 4.51. The van der Waals surface area contributed by atoms with Gasteiger partial charge in [0.15, 0.2) is 0 Å². The fourth-order valence-corrected chi connectivity index (χ4v) is 1.95. The fourth-order valence-electron chi connectivity index (χ4n) is 1.95. The number of para-hydroxylation sites is 2. The zero-order valence-electron chi connectivity index (χ0n) is 11.6. The summed E-state index contributed by atoms with van der Waals surface area (Å²) in [5.74, 6) is 1.83. The molecule has 0 atom stereocenters. The Kier molecular flexibility index (Phi) is 5.93. The Labute approximate surface area is 120 Å². The molecule has 20 heavy (non-hydrogen) atoms. The molecule has 0 aliphatic heterocycles. The summed E-state index contributed by atoms with van der Waals surface area (Å²) in [7, 11) is 0. The predicted octanol–water partition coefficient (Wildman–Crippen LogP) is 3.04. The van der Waals surface area contributed by atoms with Crippen LogP contribution < -0.4 is 15.2 Å². The molecule has 2 rings (SSSR count). The van der Waals surface area contributed by atoms with Crippen molar-refractivity contribution in [1.29, 1.82) is 0 Å². The van der Waals surface area contributed by atoms with E-state index in [9.17, 15) is 0 Å². The topological polar surface area (TPSA) is 44.5 Å². The fraction of sp³-hybridized carbons (Fsp3) is 0.294. The van der Waals surface area contributed by atoms with Gasteiger partial charge in [0.1, 0.15) is 11.5 Å². The molecule has 0 saturated carbocycles. The first-order valence-corrected chi connectivity index (χ1v) is 6.99. The maximum atomic E-state index is 5.79. The molecule has 0 fully saturated rings. The second kappa shape index (κ2) is 8.23. The van der Waals surface area contributed by atoms with E-state index in [0.29, 0.717) is 19.8 Å². The summed E-state index contributed by atoms with van der Waals surface area (Å²) in [5, 5.41) is 0. The quantitative estimate of drug-likeness (QED) is 0.751. The van der Waals surface area contributed by atoms with Crippen LogP contribution in [-0.2, 0) is 6.42 Å². The lowest BCUT2D eigenvalue weighted by Gasteiger charge is -2.11. The first-order chi connectivity index (χ1) is 9.90. The molecule has 0 bridgehead atoms. The van der Waals surface area contributed by atoms with E-state index in [1.807, 2.05) is 48.5 Å². The van der Waals surface area contributed by atoms with Crippen LogP contribution in [0.15, 0.2) is 54.6 Å². The van der Waals surface area contributed by atoms with Crippen LogP contribution in [0, 0.1) is 0 Å². The largest absolute Gasteiger partial charge is 0.493 e. The van der Waals surface area contributed by atoms with E-state index in [4.69, 9.17) is 15.2 Å². The van der Waals surface area contributed by atoms with Crippen molar-refractivity contribution in [1.82, 2.24) is 0 Å². The van der Waals surface area contributed by atoms with Crippen molar-refractivity contribution in [3.8, 4) is 11.5 Å². The molecule has 2 aromatic rings. The van der Waals surface area contributed by atoms with Crippen LogP contribution in [0.3, 0.4) is 0 Å². The van der Waals surface area contributed by atoms with E-state index in [2.05, 4.69) is 6.07 Å². The Morgan fingerprint density at radius 3 is 2.30 bits per heavy atom. The number of hydrogen-bond acceptors (Lipinski definition) is 3. The first kappa shape index (κ1) is 14.4. The lowest BCUT2D eigenvalue weighted by molar-refractivity contribution is 0.246. The van der Waals surface area contributed by atoms with Crippen LogP contribution in [0.2, 0.25) is 0 Å². The first-order valence-electron chi connectivity index (χ1n) is 6.99. The molecule has 2 N–H and O–H groups in total. The van der Waals surface area contributed by atoms with Gasteiger partial charge in [-0.2, -0.15) is 0 Å². The third-order valence-electron chi connectivity index (χ3n) is 2.94. The summed E-state index contributed by atoms with van der Waals surface area (Å²) < 4.78 is 11.4. The van der Waals surface area contributed by atoms with Crippen molar-refractivity contribution in [2.45, 2.75) is 12.8 Å². The number of nitrogens with two attached hydrogens (primary N) is 1. The molecule has 0 aliphatic carbocycles. The van der Waals surface area contributed by atoms with Crippen molar-refractivity contribution in [3.63, 3.8) is 0 Å². The van der Waals surface area contributed by atoms with Gasteiger partial charge in [-0.15, -0.1) is 0 Å². The van der Waals surface area contributed by atoms with Gasteiger partial charge in [0, 0.05) is 6.42 Å². The molecule has 0 amide bonds. The van der Waals surface area contributed by atoms with Crippen molar-refractivity contribution in [3.05, 3.63) is 60.2 Å². The number of rotatable bonds is 8. The van der Waals surface area contributed by atoms with Crippen molar-refractivity contribution in [2.75, 3.05) is 19.8 Å². The molecule has 106 valence electrons. The zero-order valence-corrected chi connectivity index (χ0v) is 11.6. The summed E-state index contributed by atoms with van der Waals surface area (Å²) in [5.41, 5.74) is 6.76. The third kappa shape index (κ3) is 4.59. The zero-order chi connectivity index (χ0) is 14.0. The summed E-state index contributed by atoms with van der Waals surface area (Å²) >= 11 is 0. The smallest absolute Gasteiger partial charge is 0.122 e. The Morgan fingerprint density at radius 2 is 1.50 bits per heavy atom. The highest BCUT2D eigenvalue weighted by Gasteiger charge is 2.01. The molecule has 0 heterocycles. The van der Waals surface area contributed by atoms with Crippen LogP contribution in [0.1, 0.15) is 12.0 Å². The summed E-state index contributed by atoms with van der Waals surface area (Å²) in [6.07, 6.45) is 1.70. The van der Waals surface area contributed by atoms with Gasteiger partial charge in [-0.1, -0.05) is 36.4 Å². The van der Waals surface area contributed by atoms with Crippen LogP contribution in [0.4, 0.5) is 0 Å². The molecule has 3 heteroatoms. The Morgan fingerprint density at radius 1 is 0.800 bits per heavy atom. The molecule has 0 saturated heterocycles. The Hall–Kier alpha value is -2.00. The third-order valence-corrected chi connectivity index (χ3v) is 2.94. The molecular weight excluding hydrogens is 250 g/mol. The average Bonchev–Trinajstić information content (AvgIpc) is 2.50. The highest BCUT2D eigenvalue weighted by molar-refractivity contribution is 5.33. The molecular formula is C17H21NO2. The number of ether oxygens (including phenoxy) is 2. The summed E-state index contributed by atoms with van der Waals surface area (Å²) in [4.78, 5) is 0. The number of hydrogen-bond donors (Lipinski definition) is 1. The lowest BCUT2D eigenvalue weighted by Crippen LogP contribution is -2.08. The van der Waals surface area contributed by atoms with E-state index in [1.165, 1.54) is 5.56 Å². The van der Waals surface area contributed by atoms with Crippen LogP contribution in [-0.4, -0.2) is 19.8 Å². The van der Waals surface area contributed by atoms with E-state index in [0.717, 1.165) is 24.3 Å². The van der Waals surface area contributed by atoms with Gasteiger partial charge < -0.3 is 15.2 Å². The van der Waals surface area contributed by atoms with E-state index >= 15 is 0 Å². The number of benzene rings is 2. The molecule has 0 unspecified atom stereocenters. The second-order valence-electron chi connectivity index (χ2n) is 4.51. The van der Waals surface area contributed by atoms with Crippen molar-refractivity contribution in [2.24, 2.45) is 5.73 Å². The standard InChI is InChI=1S/C17H21NO2/c18-12-11-15-7-4-5-10-17(15)20-14-6-13-19-16-8-2-1-3-9-16/h1-5,7-10H,6,11-14,18H2. The van der Waals surface area contributed by atoms with Gasteiger partial charge in [0.25, 0.3) is 0 Å². The van der Waals surface area contributed by atoms with Gasteiger partial charge in [-0.25, -0.2) is 0 Å². The molecule has 0 spiro atoms. The monoisotopic (exact) mass is 271 g/mol. The van der Waals surface area contributed by atoms with Crippen LogP contribution in [0.25, 0.3) is 0 Å². The van der Waals surface area contributed by atoms with Gasteiger partial charge in [-0.3, -0.25) is 0 Å². The summed E-state index contributed by atoms with van der Waals surface area (Å²) in [6, 6.07) is 17.9. The Bertz CT molecular complexity index is 499. The molecule has 2 aromatic carbocycles. The minimum Gasteiger partial charge on any atom is -0.493 e.